The molecule has 84 valence electrons. The predicted molar refractivity (Wildman–Crippen MR) is 53.4 cm³/mol. The van der Waals surface area contributed by atoms with E-state index < -0.39 is 11.5 Å². The lowest BCUT2D eigenvalue weighted by molar-refractivity contribution is -0.142. The van der Waals surface area contributed by atoms with Gasteiger partial charge in [-0.05, 0) is 23.3 Å². The first-order valence-corrected chi connectivity index (χ1v) is 4.79. The summed E-state index contributed by atoms with van der Waals surface area (Å²) in [4.78, 5) is 11.2. The van der Waals surface area contributed by atoms with Gasteiger partial charge in [0, 0.05) is 7.05 Å². The van der Waals surface area contributed by atoms with Crippen molar-refractivity contribution in [3.8, 4) is 0 Å². The molecule has 1 aromatic heterocycles. The molecule has 0 spiro atoms. The van der Waals surface area contributed by atoms with Gasteiger partial charge in [-0.25, -0.2) is 9.48 Å². The van der Waals surface area contributed by atoms with Crippen LogP contribution >= 0.6 is 0 Å². The lowest BCUT2D eigenvalue weighted by atomic mass is 9.93. The SMILES string of the molecule is CCC(CC)(Nc1nnnn1C)C(=O)O. The van der Waals surface area contributed by atoms with Crippen LogP contribution in [0.1, 0.15) is 26.7 Å². The van der Waals surface area contributed by atoms with E-state index in [0.717, 1.165) is 0 Å². The predicted octanol–water partition coefficient (Wildman–Crippen LogP) is 0.265. The number of anilines is 1. The third-order valence-electron chi connectivity index (χ3n) is 2.59. The van der Waals surface area contributed by atoms with Gasteiger partial charge in [-0.3, -0.25) is 0 Å². The van der Waals surface area contributed by atoms with Gasteiger partial charge in [0.15, 0.2) is 0 Å². The maximum absolute atomic E-state index is 11.2. The first kappa shape index (κ1) is 11.4. The molecule has 0 aliphatic heterocycles. The highest BCUT2D eigenvalue weighted by Crippen LogP contribution is 2.20. The van der Waals surface area contributed by atoms with Crippen molar-refractivity contribution in [2.75, 3.05) is 5.32 Å². The Morgan fingerprint density at radius 3 is 2.47 bits per heavy atom. The van der Waals surface area contributed by atoms with Crippen LogP contribution in [-0.2, 0) is 11.8 Å². The number of carboxylic acids is 1. The summed E-state index contributed by atoms with van der Waals surface area (Å²) in [6.45, 7) is 3.63. The Bertz CT molecular complexity index is 345. The van der Waals surface area contributed by atoms with E-state index in [1.54, 1.807) is 7.05 Å². The number of carbonyl (C=O) groups is 1. The van der Waals surface area contributed by atoms with Gasteiger partial charge in [-0.1, -0.05) is 18.9 Å². The summed E-state index contributed by atoms with van der Waals surface area (Å²) >= 11 is 0. The van der Waals surface area contributed by atoms with Crippen LogP contribution in [0, 0.1) is 0 Å². The fourth-order valence-electron chi connectivity index (χ4n) is 1.33. The molecule has 0 atom stereocenters. The fraction of sp³-hybridized carbons (Fsp3) is 0.750. The number of aromatic nitrogens is 4. The Hall–Kier alpha value is -1.66. The summed E-state index contributed by atoms with van der Waals surface area (Å²) in [5, 5.41) is 22.8. The van der Waals surface area contributed by atoms with E-state index >= 15 is 0 Å². The monoisotopic (exact) mass is 213 g/mol. The van der Waals surface area contributed by atoms with Crippen molar-refractivity contribution >= 4 is 11.9 Å². The quantitative estimate of drug-likeness (QED) is 0.729. The summed E-state index contributed by atoms with van der Waals surface area (Å²) in [7, 11) is 1.65. The molecule has 2 N–H and O–H groups in total. The summed E-state index contributed by atoms with van der Waals surface area (Å²) in [5.41, 5.74) is -0.998. The zero-order valence-corrected chi connectivity index (χ0v) is 9.06. The number of nitrogens with zero attached hydrogens (tertiary/aromatic N) is 4. The van der Waals surface area contributed by atoms with Gasteiger partial charge in [0.2, 0.25) is 5.95 Å². The summed E-state index contributed by atoms with van der Waals surface area (Å²) < 4.78 is 1.41. The second kappa shape index (κ2) is 4.24. The van der Waals surface area contributed by atoms with E-state index in [0.29, 0.717) is 18.8 Å². The second-order valence-electron chi connectivity index (χ2n) is 3.35. The van der Waals surface area contributed by atoms with E-state index in [1.165, 1.54) is 4.68 Å². The minimum atomic E-state index is -0.998. The smallest absolute Gasteiger partial charge is 0.329 e. The first-order chi connectivity index (χ1) is 7.05. The highest BCUT2D eigenvalue weighted by atomic mass is 16.4. The van der Waals surface area contributed by atoms with Crippen molar-refractivity contribution in [2.24, 2.45) is 7.05 Å². The van der Waals surface area contributed by atoms with E-state index in [9.17, 15) is 9.90 Å². The zero-order valence-electron chi connectivity index (χ0n) is 9.06. The number of tetrazole rings is 1. The molecule has 7 heteroatoms. The molecule has 1 heterocycles. The van der Waals surface area contributed by atoms with Crippen LogP contribution in [0.5, 0.6) is 0 Å². The maximum Gasteiger partial charge on any atom is 0.329 e. The second-order valence-corrected chi connectivity index (χ2v) is 3.35. The summed E-state index contributed by atoms with van der Waals surface area (Å²) in [5.74, 6) is -0.531. The van der Waals surface area contributed by atoms with Crippen LogP contribution in [0.25, 0.3) is 0 Å². The van der Waals surface area contributed by atoms with E-state index in [1.807, 2.05) is 13.8 Å². The molecule has 0 radical (unpaired) electrons. The number of hydrogen-bond acceptors (Lipinski definition) is 5. The molecule has 0 fully saturated rings. The van der Waals surface area contributed by atoms with Crippen LogP contribution in [0.3, 0.4) is 0 Å². The van der Waals surface area contributed by atoms with Crippen LogP contribution < -0.4 is 5.32 Å². The van der Waals surface area contributed by atoms with Crippen molar-refractivity contribution in [3.05, 3.63) is 0 Å². The molecule has 7 nitrogen and oxygen atoms in total. The molecule has 0 aromatic carbocycles. The number of aliphatic carboxylic acids is 1. The number of rotatable bonds is 5. The molecule has 1 rings (SSSR count). The summed E-state index contributed by atoms with van der Waals surface area (Å²) in [6.07, 6.45) is 0.928. The molecule has 0 amide bonds. The largest absolute Gasteiger partial charge is 0.480 e. The van der Waals surface area contributed by atoms with Crippen LogP contribution in [0.4, 0.5) is 5.95 Å². The van der Waals surface area contributed by atoms with Crippen molar-refractivity contribution in [1.82, 2.24) is 20.2 Å². The zero-order chi connectivity index (χ0) is 11.5. The Kier molecular flexibility index (Phi) is 3.23. The maximum atomic E-state index is 11.2. The third kappa shape index (κ3) is 2.05. The molecule has 15 heavy (non-hydrogen) atoms. The third-order valence-corrected chi connectivity index (χ3v) is 2.59. The number of carboxylic acid groups (broad SMARTS) is 1. The molecular weight excluding hydrogens is 198 g/mol. The molecule has 1 aromatic rings. The highest BCUT2D eigenvalue weighted by Gasteiger charge is 2.35. The minimum absolute atomic E-state index is 0.362. The lowest BCUT2D eigenvalue weighted by Crippen LogP contribution is -2.46. The molecule has 0 saturated heterocycles. The Morgan fingerprint density at radius 2 is 2.13 bits per heavy atom. The van der Waals surface area contributed by atoms with Gasteiger partial charge in [-0.2, -0.15) is 0 Å². The Morgan fingerprint density at radius 1 is 1.53 bits per heavy atom. The fourth-order valence-corrected chi connectivity index (χ4v) is 1.33. The van der Waals surface area contributed by atoms with Crippen molar-refractivity contribution in [1.29, 1.82) is 0 Å². The lowest BCUT2D eigenvalue weighted by Gasteiger charge is -2.27. The summed E-state index contributed by atoms with van der Waals surface area (Å²) in [6, 6.07) is 0. The molecule has 0 aliphatic carbocycles. The van der Waals surface area contributed by atoms with E-state index in [-0.39, 0.29) is 0 Å². The van der Waals surface area contributed by atoms with E-state index in [4.69, 9.17) is 0 Å². The van der Waals surface area contributed by atoms with Crippen LogP contribution in [-0.4, -0.2) is 36.8 Å². The highest BCUT2D eigenvalue weighted by molar-refractivity contribution is 5.81. The van der Waals surface area contributed by atoms with Crippen molar-refractivity contribution in [3.63, 3.8) is 0 Å². The van der Waals surface area contributed by atoms with Gasteiger partial charge >= 0.3 is 5.97 Å². The van der Waals surface area contributed by atoms with E-state index in [2.05, 4.69) is 20.8 Å². The van der Waals surface area contributed by atoms with Crippen LogP contribution in [0.2, 0.25) is 0 Å². The van der Waals surface area contributed by atoms with Gasteiger partial charge in [0.05, 0.1) is 0 Å². The molecule has 0 bridgehead atoms. The molecule has 0 unspecified atom stereocenters. The van der Waals surface area contributed by atoms with Crippen LogP contribution in [0.15, 0.2) is 0 Å². The normalized spacial score (nSPS) is 11.4. The van der Waals surface area contributed by atoms with Crippen molar-refractivity contribution in [2.45, 2.75) is 32.2 Å². The number of nitrogens with one attached hydrogen (secondary N) is 1. The molecular formula is C8H15N5O2. The van der Waals surface area contributed by atoms with Gasteiger partial charge < -0.3 is 10.4 Å². The average Bonchev–Trinajstić information content (AvgIpc) is 2.60. The van der Waals surface area contributed by atoms with Gasteiger partial charge in [0.1, 0.15) is 5.54 Å². The standard InChI is InChI=1S/C8H15N5O2/c1-4-8(5-2,6(14)15)9-7-10-11-12-13(7)3/h4-5H2,1-3H3,(H,14,15)(H,9,10,12). The first-order valence-electron chi connectivity index (χ1n) is 4.79. The Balaban J connectivity index is 2.93. The Labute approximate surface area is 87.5 Å². The van der Waals surface area contributed by atoms with Gasteiger partial charge in [0.25, 0.3) is 0 Å². The minimum Gasteiger partial charge on any atom is -0.480 e. The number of hydrogen-bond donors (Lipinski definition) is 2. The van der Waals surface area contributed by atoms with Gasteiger partial charge in [-0.15, -0.1) is 0 Å². The molecule has 0 saturated carbocycles. The topological polar surface area (TPSA) is 92.9 Å². The van der Waals surface area contributed by atoms with Crippen molar-refractivity contribution < 1.29 is 9.90 Å². The molecule has 0 aliphatic rings. The number of aryl methyl sites for hydroxylation is 1. The average molecular weight is 213 g/mol.